The number of hydrogen-bond donors (Lipinski definition) is 0. The lowest BCUT2D eigenvalue weighted by atomic mass is 9.90. The number of amides is 2. The van der Waals surface area contributed by atoms with Crippen molar-refractivity contribution in [3.63, 3.8) is 0 Å². The van der Waals surface area contributed by atoms with Crippen molar-refractivity contribution in [1.82, 2.24) is 14.7 Å². The largest absolute Gasteiger partial charge is 0.494 e. The van der Waals surface area contributed by atoms with E-state index in [9.17, 15) is 9.59 Å². The van der Waals surface area contributed by atoms with Crippen molar-refractivity contribution in [3.8, 4) is 5.75 Å². The molecule has 1 aromatic rings. The van der Waals surface area contributed by atoms with Gasteiger partial charge in [0.15, 0.2) is 0 Å². The molecule has 31 heavy (non-hydrogen) atoms. The van der Waals surface area contributed by atoms with E-state index in [1.807, 2.05) is 16.7 Å². The summed E-state index contributed by atoms with van der Waals surface area (Å²) in [4.78, 5) is 31.1. The minimum absolute atomic E-state index is 0.228. The molecule has 3 fully saturated rings. The number of carbonyl (C=O) groups is 2. The van der Waals surface area contributed by atoms with Crippen molar-refractivity contribution in [1.29, 1.82) is 0 Å². The van der Waals surface area contributed by atoms with Gasteiger partial charge in [-0.2, -0.15) is 0 Å². The quantitative estimate of drug-likeness (QED) is 0.640. The summed E-state index contributed by atoms with van der Waals surface area (Å²) >= 11 is 0. The molecular weight excluding hydrogens is 390 g/mol. The summed E-state index contributed by atoms with van der Waals surface area (Å²) in [5, 5.41) is 0. The van der Waals surface area contributed by atoms with Crippen molar-refractivity contribution in [2.45, 2.75) is 45.4 Å². The molecule has 2 saturated heterocycles. The summed E-state index contributed by atoms with van der Waals surface area (Å²) in [6.07, 6.45) is 6.77. The van der Waals surface area contributed by atoms with E-state index in [2.05, 4.69) is 29.2 Å². The lowest BCUT2D eigenvalue weighted by Gasteiger charge is -2.37. The maximum atomic E-state index is 12.7. The molecule has 1 aliphatic carbocycles. The molecule has 2 aliphatic heterocycles. The van der Waals surface area contributed by atoms with Crippen LogP contribution in [0.3, 0.4) is 0 Å². The van der Waals surface area contributed by atoms with Crippen LogP contribution >= 0.6 is 0 Å². The fourth-order valence-electron chi connectivity index (χ4n) is 4.78. The van der Waals surface area contributed by atoms with Crippen LogP contribution in [0, 0.1) is 11.8 Å². The predicted molar refractivity (Wildman–Crippen MR) is 121 cm³/mol. The predicted octanol–water partition coefficient (Wildman–Crippen LogP) is 2.81. The minimum atomic E-state index is 0.228. The SMILES string of the molecule is CCOc1ccc(CCC2CCN(CC(=O)N3CCN(C(=O)C4CC4)CC3)CC2)cc1. The monoisotopic (exact) mass is 427 g/mol. The van der Waals surface area contributed by atoms with E-state index >= 15 is 0 Å². The lowest BCUT2D eigenvalue weighted by Crippen LogP contribution is -2.53. The van der Waals surface area contributed by atoms with E-state index in [0.29, 0.717) is 45.2 Å². The molecule has 1 aromatic carbocycles. The number of carbonyl (C=O) groups excluding carboxylic acids is 2. The van der Waals surface area contributed by atoms with E-state index in [0.717, 1.165) is 44.0 Å². The molecule has 170 valence electrons. The fourth-order valence-corrected chi connectivity index (χ4v) is 4.78. The third kappa shape index (κ3) is 6.22. The Bertz CT molecular complexity index is 731. The highest BCUT2D eigenvalue weighted by Gasteiger charge is 2.35. The normalized spacial score (nSPS) is 20.7. The van der Waals surface area contributed by atoms with Crippen LogP contribution in [0.25, 0.3) is 0 Å². The molecule has 4 rings (SSSR count). The van der Waals surface area contributed by atoms with Gasteiger partial charge >= 0.3 is 0 Å². The van der Waals surface area contributed by atoms with Gasteiger partial charge in [-0.3, -0.25) is 14.5 Å². The van der Waals surface area contributed by atoms with Crippen LogP contribution in [0.2, 0.25) is 0 Å². The van der Waals surface area contributed by atoms with Crippen LogP contribution in [0.15, 0.2) is 24.3 Å². The first-order chi connectivity index (χ1) is 15.1. The zero-order chi connectivity index (χ0) is 21.6. The topological polar surface area (TPSA) is 53.1 Å². The molecule has 6 heteroatoms. The van der Waals surface area contributed by atoms with Crippen molar-refractivity contribution in [2.75, 3.05) is 52.4 Å². The maximum Gasteiger partial charge on any atom is 0.236 e. The van der Waals surface area contributed by atoms with Crippen LogP contribution in [0.4, 0.5) is 0 Å². The molecule has 0 radical (unpaired) electrons. The average Bonchev–Trinajstić information content (AvgIpc) is 3.65. The van der Waals surface area contributed by atoms with E-state index in [-0.39, 0.29) is 11.8 Å². The Morgan fingerprint density at radius 2 is 1.55 bits per heavy atom. The Kier molecular flexibility index (Phi) is 7.49. The van der Waals surface area contributed by atoms with E-state index in [4.69, 9.17) is 4.74 Å². The third-order valence-electron chi connectivity index (χ3n) is 7.01. The van der Waals surface area contributed by atoms with Crippen LogP contribution in [-0.2, 0) is 16.0 Å². The number of likely N-dealkylation sites (tertiary alicyclic amines) is 1. The molecular formula is C25H37N3O3. The summed E-state index contributed by atoms with van der Waals surface area (Å²) in [5.41, 5.74) is 1.38. The highest BCUT2D eigenvalue weighted by atomic mass is 16.5. The highest BCUT2D eigenvalue weighted by molar-refractivity contribution is 5.82. The fraction of sp³-hybridized carbons (Fsp3) is 0.680. The summed E-state index contributed by atoms with van der Waals surface area (Å²) in [5.74, 6) is 2.50. The van der Waals surface area contributed by atoms with Gasteiger partial charge in [0, 0.05) is 32.1 Å². The molecule has 0 atom stereocenters. The Morgan fingerprint density at radius 1 is 0.903 bits per heavy atom. The summed E-state index contributed by atoms with van der Waals surface area (Å²) in [6, 6.07) is 8.48. The molecule has 0 N–H and O–H groups in total. The molecule has 0 spiro atoms. The number of aryl methyl sites for hydroxylation is 1. The second-order valence-electron chi connectivity index (χ2n) is 9.32. The number of rotatable bonds is 8. The Labute approximate surface area is 186 Å². The Morgan fingerprint density at radius 3 is 2.16 bits per heavy atom. The van der Waals surface area contributed by atoms with Gasteiger partial charge in [0.2, 0.25) is 11.8 Å². The standard InChI is InChI=1S/C25H37N3O3/c1-2-31-23-9-5-20(6-10-23)3-4-21-11-13-26(14-12-21)19-24(29)27-15-17-28(18-16-27)25(30)22-7-8-22/h5-6,9-10,21-22H,2-4,7-8,11-19H2,1H3. The second-order valence-corrected chi connectivity index (χ2v) is 9.32. The van der Waals surface area contributed by atoms with Gasteiger partial charge in [0.1, 0.15) is 5.75 Å². The molecule has 0 bridgehead atoms. The molecule has 0 aromatic heterocycles. The van der Waals surface area contributed by atoms with Crippen LogP contribution in [0.5, 0.6) is 5.75 Å². The number of benzene rings is 1. The molecule has 3 aliphatic rings. The summed E-state index contributed by atoms with van der Waals surface area (Å²) < 4.78 is 5.52. The van der Waals surface area contributed by atoms with E-state index < -0.39 is 0 Å². The van der Waals surface area contributed by atoms with Crippen molar-refractivity contribution >= 4 is 11.8 Å². The van der Waals surface area contributed by atoms with Crippen molar-refractivity contribution in [3.05, 3.63) is 29.8 Å². The van der Waals surface area contributed by atoms with Crippen LogP contribution in [0.1, 0.15) is 44.6 Å². The maximum absolute atomic E-state index is 12.7. The number of hydrogen-bond acceptors (Lipinski definition) is 4. The zero-order valence-corrected chi connectivity index (χ0v) is 18.9. The summed E-state index contributed by atoms with van der Waals surface area (Å²) in [6.45, 7) is 8.06. The first-order valence-electron chi connectivity index (χ1n) is 12.1. The number of piperidine rings is 1. The highest BCUT2D eigenvalue weighted by Crippen LogP contribution is 2.31. The third-order valence-corrected chi connectivity index (χ3v) is 7.01. The number of piperazine rings is 1. The van der Waals surface area contributed by atoms with Gasteiger partial charge in [-0.15, -0.1) is 0 Å². The van der Waals surface area contributed by atoms with Gasteiger partial charge in [-0.05, 0) is 82.2 Å². The average molecular weight is 428 g/mol. The second kappa shape index (κ2) is 10.5. The number of ether oxygens (including phenoxy) is 1. The Hall–Kier alpha value is -2.08. The first kappa shape index (κ1) is 22.1. The first-order valence-corrected chi connectivity index (χ1v) is 12.1. The lowest BCUT2D eigenvalue weighted by molar-refractivity contribution is -0.141. The van der Waals surface area contributed by atoms with Gasteiger partial charge in [-0.25, -0.2) is 0 Å². The van der Waals surface area contributed by atoms with Gasteiger partial charge in [0.05, 0.1) is 13.2 Å². The minimum Gasteiger partial charge on any atom is -0.494 e. The van der Waals surface area contributed by atoms with E-state index in [1.54, 1.807) is 0 Å². The molecule has 0 unspecified atom stereocenters. The van der Waals surface area contributed by atoms with Crippen molar-refractivity contribution < 1.29 is 14.3 Å². The molecule has 1 saturated carbocycles. The molecule has 2 heterocycles. The van der Waals surface area contributed by atoms with Gasteiger partial charge in [0.25, 0.3) is 0 Å². The Balaban J connectivity index is 1.12. The smallest absolute Gasteiger partial charge is 0.236 e. The molecule has 2 amide bonds. The van der Waals surface area contributed by atoms with Gasteiger partial charge < -0.3 is 14.5 Å². The van der Waals surface area contributed by atoms with Crippen molar-refractivity contribution in [2.24, 2.45) is 11.8 Å². The zero-order valence-electron chi connectivity index (χ0n) is 18.9. The molecule has 6 nitrogen and oxygen atoms in total. The van der Waals surface area contributed by atoms with Gasteiger partial charge in [-0.1, -0.05) is 12.1 Å². The summed E-state index contributed by atoms with van der Waals surface area (Å²) in [7, 11) is 0. The van der Waals surface area contributed by atoms with Crippen LogP contribution < -0.4 is 4.74 Å². The van der Waals surface area contributed by atoms with Crippen LogP contribution in [-0.4, -0.2) is 78.9 Å². The van der Waals surface area contributed by atoms with E-state index in [1.165, 1.54) is 24.8 Å². The number of nitrogens with zero attached hydrogens (tertiary/aromatic N) is 3.